The Morgan fingerprint density at radius 3 is 3.00 bits per heavy atom. The molecule has 1 fully saturated rings. The van der Waals surface area contributed by atoms with E-state index < -0.39 is 0 Å². The van der Waals surface area contributed by atoms with Gasteiger partial charge in [0.1, 0.15) is 0 Å². The van der Waals surface area contributed by atoms with Crippen molar-refractivity contribution in [2.24, 2.45) is 0 Å². The van der Waals surface area contributed by atoms with Crippen LogP contribution in [0, 0.1) is 0 Å². The maximum atomic E-state index is 11.5. The zero-order chi connectivity index (χ0) is 13.8. The van der Waals surface area contributed by atoms with Crippen LogP contribution in [0.3, 0.4) is 0 Å². The van der Waals surface area contributed by atoms with Crippen LogP contribution in [0.1, 0.15) is 13.3 Å². The zero-order valence-electron chi connectivity index (χ0n) is 11.2. The largest absolute Gasteiger partial charge is 0.469 e. The number of nitrogens with zero attached hydrogens (tertiary/aromatic N) is 1. The van der Waals surface area contributed by atoms with Gasteiger partial charge in [-0.2, -0.15) is 0 Å². The predicted molar refractivity (Wildman–Crippen MR) is 79.4 cm³/mol. The molecule has 0 radical (unpaired) electrons. The van der Waals surface area contributed by atoms with Crippen LogP contribution in [0.25, 0.3) is 0 Å². The average Bonchev–Trinajstić information content (AvgIpc) is 2.38. The number of piperazine rings is 1. The molecule has 0 spiro atoms. The van der Waals surface area contributed by atoms with Crippen molar-refractivity contribution in [1.82, 2.24) is 5.32 Å². The minimum Gasteiger partial charge on any atom is -0.469 e. The van der Waals surface area contributed by atoms with E-state index in [4.69, 9.17) is 4.74 Å². The number of hydrogen-bond acceptors (Lipinski definition) is 4. The molecule has 1 aliphatic rings. The first-order valence-corrected chi connectivity index (χ1v) is 7.22. The van der Waals surface area contributed by atoms with Crippen molar-refractivity contribution in [3.63, 3.8) is 0 Å². The molecular formula is C14H19BrN2O2. The van der Waals surface area contributed by atoms with Gasteiger partial charge in [0.05, 0.1) is 19.6 Å². The normalized spacial score (nSPS) is 23.2. The lowest BCUT2D eigenvalue weighted by Crippen LogP contribution is -2.57. The average molecular weight is 327 g/mol. The molecule has 1 N–H and O–H groups in total. The maximum absolute atomic E-state index is 11.5. The molecule has 104 valence electrons. The second kappa shape index (κ2) is 6.39. The zero-order valence-corrected chi connectivity index (χ0v) is 12.8. The van der Waals surface area contributed by atoms with E-state index in [1.807, 2.05) is 12.1 Å². The summed E-state index contributed by atoms with van der Waals surface area (Å²) in [4.78, 5) is 13.8. The number of anilines is 1. The van der Waals surface area contributed by atoms with Crippen LogP contribution in [-0.4, -0.2) is 38.3 Å². The summed E-state index contributed by atoms with van der Waals surface area (Å²) in [5, 5.41) is 3.37. The Morgan fingerprint density at radius 1 is 1.53 bits per heavy atom. The van der Waals surface area contributed by atoms with Crippen LogP contribution in [0.5, 0.6) is 0 Å². The minimum absolute atomic E-state index is 0.130. The van der Waals surface area contributed by atoms with Gasteiger partial charge in [-0.1, -0.05) is 22.0 Å². The summed E-state index contributed by atoms with van der Waals surface area (Å²) in [6.07, 6.45) is 0.403. The van der Waals surface area contributed by atoms with Crippen LogP contribution in [0.15, 0.2) is 28.7 Å². The van der Waals surface area contributed by atoms with Gasteiger partial charge in [-0.05, 0) is 25.1 Å². The first kappa shape index (κ1) is 14.3. The van der Waals surface area contributed by atoms with Gasteiger partial charge in [0.25, 0.3) is 0 Å². The second-order valence-corrected chi connectivity index (χ2v) is 5.74. The van der Waals surface area contributed by atoms with Gasteiger partial charge in [0, 0.05) is 29.3 Å². The molecule has 0 amide bonds. The van der Waals surface area contributed by atoms with E-state index >= 15 is 0 Å². The number of carbonyl (C=O) groups is 1. The van der Waals surface area contributed by atoms with E-state index in [0.717, 1.165) is 23.2 Å². The minimum atomic E-state index is -0.166. The standard InChI is InChI=1S/C14H19BrN2O2/c1-10-8-16-9-13(7-14(18)19-2)17(10)12-5-3-4-11(15)6-12/h3-6,10,13,16H,7-9H2,1-2H3. The molecular weight excluding hydrogens is 308 g/mol. The second-order valence-electron chi connectivity index (χ2n) is 4.83. The summed E-state index contributed by atoms with van der Waals surface area (Å²) in [6.45, 7) is 3.88. The lowest BCUT2D eigenvalue weighted by atomic mass is 10.0. The first-order chi connectivity index (χ1) is 9.11. The van der Waals surface area contributed by atoms with Gasteiger partial charge in [0.2, 0.25) is 0 Å². The Hall–Kier alpha value is -1.07. The van der Waals surface area contributed by atoms with E-state index in [9.17, 15) is 4.79 Å². The van der Waals surface area contributed by atoms with E-state index in [1.165, 1.54) is 7.11 Å². The van der Waals surface area contributed by atoms with Gasteiger partial charge in [-0.25, -0.2) is 0 Å². The monoisotopic (exact) mass is 326 g/mol. The molecule has 5 heteroatoms. The molecule has 4 nitrogen and oxygen atoms in total. The predicted octanol–water partition coefficient (Wildman–Crippen LogP) is 2.18. The summed E-state index contributed by atoms with van der Waals surface area (Å²) < 4.78 is 5.84. The van der Waals surface area contributed by atoms with Gasteiger partial charge in [-0.15, -0.1) is 0 Å². The maximum Gasteiger partial charge on any atom is 0.307 e. The van der Waals surface area contributed by atoms with Gasteiger partial charge < -0.3 is 15.0 Å². The summed E-state index contributed by atoms with van der Waals surface area (Å²) in [7, 11) is 1.44. The van der Waals surface area contributed by atoms with Gasteiger partial charge in [-0.3, -0.25) is 4.79 Å². The van der Waals surface area contributed by atoms with Crippen molar-refractivity contribution in [3.8, 4) is 0 Å². The Bertz CT molecular complexity index is 453. The number of nitrogens with one attached hydrogen (secondary N) is 1. The Kier molecular flexibility index (Phi) is 4.82. The first-order valence-electron chi connectivity index (χ1n) is 6.43. The van der Waals surface area contributed by atoms with E-state index in [0.29, 0.717) is 12.5 Å². The molecule has 1 aromatic carbocycles. The number of carbonyl (C=O) groups excluding carboxylic acids is 1. The molecule has 1 saturated heterocycles. The third kappa shape index (κ3) is 3.48. The molecule has 2 rings (SSSR count). The smallest absolute Gasteiger partial charge is 0.307 e. The molecule has 1 aliphatic heterocycles. The van der Waals surface area contributed by atoms with Crippen molar-refractivity contribution >= 4 is 27.6 Å². The molecule has 1 aromatic rings. The number of benzene rings is 1. The van der Waals surface area contributed by atoms with Crippen molar-refractivity contribution in [3.05, 3.63) is 28.7 Å². The van der Waals surface area contributed by atoms with E-state index in [-0.39, 0.29) is 12.0 Å². The number of rotatable bonds is 3. The SMILES string of the molecule is COC(=O)CC1CNCC(C)N1c1cccc(Br)c1. The highest BCUT2D eigenvalue weighted by Crippen LogP contribution is 2.26. The lowest BCUT2D eigenvalue weighted by Gasteiger charge is -2.42. The molecule has 0 bridgehead atoms. The molecule has 0 saturated carbocycles. The lowest BCUT2D eigenvalue weighted by molar-refractivity contribution is -0.141. The quantitative estimate of drug-likeness (QED) is 0.864. The van der Waals surface area contributed by atoms with Gasteiger partial charge in [0.15, 0.2) is 0 Å². The van der Waals surface area contributed by atoms with Crippen molar-refractivity contribution in [1.29, 1.82) is 0 Å². The van der Waals surface area contributed by atoms with Crippen molar-refractivity contribution in [2.45, 2.75) is 25.4 Å². The van der Waals surface area contributed by atoms with E-state index in [2.05, 4.69) is 45.2 Å². The highest BCUT2D eigenvalue weighted by molar-refractivity contribution is 9.10. The molecule has 1 heterocycles. The topological polar surface area (TPSA) is 41.6 Å². The van der Waals surface area contributed by atoms with E-state index in [1.54, 1.807) is 0 Å². The van der Waals surface area contributed by atoms with Crippen LogP contribution >= 0.6 is 15.9 Å². The Balaban J connectivity index is 2.23. The summed E-state index contributed by atoms with van der Waals surface area (Å²) >= 11 is 3.50. The highest BCUT2D eigenvalue weighted by atomic mass is 79.9. The summed E-state index contributed by atoms with van der Waals surface area (Å²) in [5.41, 5.74) is 1.14. The van der Waals surface area contributed by atoms with Gasteiger partial charge >= 0.3 is 5.97 Å². The molecule has 2 unspecified atom stereocenters. The third-order valence-electron chi connectivity index (χ3n) is 3.42. The molecule has 2 atom stereocenters. The number of esters is 1. The Labute approximate surface area is 122 Å². The number of ether oxygens (including phenoxy) is 1. The number of halogens is 1. The van der Waals surface area contributed by atoms with Crippen molar-refractivity contribution in [2.75, 3.05) is 25.1 Å². The van der Waals surface area contributed by atoms with Crippen LogP contribution in [0.4, 0.5) is 5.69 Å². The summed E-state index contributed by atoms with van der Waals surface area (Å²) in [6, 6.07) is 8.67. The number of methoxy groups -OCH3 is 1. The fourth-order valence-corrected chi connectivity index (χ4v) is 2.95. The van der Waals surface area contributed by atoms with Crippen LogP contribution in [0.2, 0.25) is 0 Å². The Morgan fingerprint density at radius 2 is 2.32 bits per heavy atom. The van der Waals surface area contributed by atoms with Crippen LogP contribution in [-0.2, 0) is 9.53 Å². The third-order valence-corrected chi connectivity index (χ3v) is 3.92. The van der Waals surface area contributed by atoms with Crippen molar-refractivity contribution < 1.29 is 9.53 Å². The highest BCUT2D eigenvalue weighted by Gasteiger charge is 2.29. The number of hydrogen-bond donors (Lipinski definition) is 1. The fraction of sp³-hybridized carbons (Fsp3) is 0.500. The molecule has 19 heavy (non-hydrogen) atoms. The molecule has 0 aromatic heterocycles. The fourth-order valence-electron chi connectivity index (χ4n) is 2.56. The molecule has 0 aliphatic carbocycles. The van der Waals surface area contributed by atoms with Crippen LogP contribution < -0.4 is 10.2 Å². The summed E-state index contributed by atoms with van der Waals surface area (Å²) in [5.74, 6) is -0.166.